The Morgan fingerprint density at radius 3 is 2.43 bits per heavy atom. The van der Waals surface area contributed by atoms with Crippen molar-refractivity contribution < 1.29 is 21.0 Å². The van der Waals surface area contributed by atoms with Gasteiger partial charge in [-0.25, -0.2) is 8.42 Å². The van der Waals surface area contributed by atoms with E-state index in [1.165, 1.54) is 0 Å². The minimum Gasteiger partial charge on any atom is -0.314 e. The standard InChI is InChI=1S/C6H13NO5S2/c1-13(8,9)5-14(10,11)12-6-2-3-7-4-6/h6-7H,2-5H2,1H3. The largest absolute Gasteiger partial charge is 0.314 e. The second kappa shape index (κ2) is 4.13. The molecular weight excluding hydrogens is 230 g/mol. The predicted octanol–water partition coefficient (Wildman–Crippen LogP) is -1.30. The molecule has 1 atom stereocenters. The summed E-state index contributed by atoms with van der Waals surface area (Å²) in [6, 6.07) is 0. The molecule has 0 amide bonds. The van der Waals surface area contributed by atoms with Crippen LogP contribution in [0.5, 0.6) is 0 Å². The average Bonchev–Trinajstić information content (AvgIpc) is 2.31. The van der Waals surface area contributed by atoms with Gasteiger partial charge < -0.3 is 5.32 Å². The molecule has 1 N–H and O–H groups in total. The average molecular weight is 243 g/mol. The molecule has 0 aromatic rings. The molecular formula is C6H13NO5S2. The van der Waals surface area contributed by atoms with Crippen LogP contribution in [-0.2, 0) is 24.1 Å². The first-order valence-corrected chi connectivity index (χ1v) is 7.72. The lowest BCUT2D eigenvalue weighted by molar-refractivity contribution is 0.232. The fraction of sp³-hybridized carbons (Fsp3) is 1.00. The molecule has 0 saturated carbocycles. The molecule has 8 heteroatoms. The molecule has 0 bridgehead atoms. The summed E-state index contributed by atoms with van der Waals surface area (Å²) in [5, 5.41) is 1.97. The van der Waals surface area contributed by atoms with E-state index in [1.807, 2.05) is 0 Å². The number of hydrogen-bond acceptors (Lipinski definition) is 6. The Bertz CT molecular complexity index is 378. The number of sulfone groups is 1. The maximum Gasteiger partial charge on any atom is 0.282 e. The van der Waals surface area contributed by atoms with Crippen LogP contribution in [0.4, 0.5) is 0 Å². The van der Waals surface area contributed by atoms with Crippen molar-refractivity contribution in [1.29, 1.82) is 0 Å². The van der Waals surface area contributed by atoms with E-state index in [4.69, 9.17) is 4.18 Å². The molecule has 1 fully saturated rings. The highest BCUT2D eigenvalue weighted by atomic mass is 32.3. The predicted molar refractivity (Wildman–Crippen MR) is 51.0 cm³/mol. The second-order valence-electron chi connectivity index (χ2n) is 3.31. The second-order valence-corrected chi connectivity index (χ2v) is 7.41. The zero-order chi connectivity index (χ0) is 10.8. The van der Waals surface area contributed by atoms with Gasteiger partial charge in [0.25, 0.3) is 10.1 Å². The van der Waals surface area contributed by atoms with Gasteiger partial charge in [0, 0.05) is 12.8 Å². The Kier molecular flexibility index (Phi) is 3.51. The van der Waals surface area contributed by atoms with Crippen LogP contribution in [0.25, 0.3) is 0 Å². The molecule has 0 aromatic carbocycles. The molecule has 1 heterocycles. The normalized spacial score (nSPS) is 23.9. The van der Waals surface area contributed by atoms with Gasteiger partial charge in [0.15, 0.2) is 14.9 Å². The number of rotatable bonds is 4. The maximum atomic E-state index is 11.2. The van der Waals surface area contributed by atoms with Crippen molar-refractivity contribution in [3.63, 3.8) is 0 Å². The van der Waals surface area contributed by atoms with Crippen LogP contribution in [0.2, 0.25) is 0 Å². The summed E-state index contributed by atoms with van der Waals surface area (Å²) in [5.74, 6) is 0. The first kappa shape index (κ1) is 11.9. The van der Waals surface area contributed by atoms with E-state index >= 15 is 0 Å². The van der Waals surface area contributed by atoms with Crippen LogP contribution >= 0.6 is 0 Å². The van der Waals surface area contributed by atoms with E-state index in [0.29, 0.717) is 19.5 Å². The topological polar surface area (TPSA) is 89.5 Å². The molecule has 0 radical (unpaired) electrons. The van der Waals surface area contributed by atoms with Crippen molar-refractivity contribution >= 4 is 20.0 Å². The number of hydrogen-bond donors (Lipinski definition) is 1. The lowest BCUT2D eigenvalue weighted by Gasteiger charge is -2.09. The van der Waals surface area contributed by atoms with E-state index in [-0.39, 0.29) is 0 Å². The van der Waals surface area contributed by atoms with Crippen molar-refractivity contribution in [3.8, 4) is 0 Å². The summed E-state index contributed by atoms with van der Waals surface area (Å²) in [7, 11) is -7.51. The summed E-state index contributed by atoms with van der Waals surface area (Å²) in [6.07, 6.45) is 1.02. The van der Waals surface area contributed by atoms with Gasteiger partial charge in [-0.05, 0) is 13.0 Å². The third-order valence-corrected chi connectivity index (χ3v) is 5.09. The molecule has 14 heavy (non-hydrogen) atoms. The fourth-order valence-corrected chi connectivity index (χ4v) is 4.11. The highest BCUT2D eigenvalue weighted by Gasteiger charge is 2.25. The highest BCUT2D eigenvalue weighted by Crippen LogP contribution is 2.09. The van der Waals surface area contributed by atoms with Gasteiger partial charge in [-0.15, -0.1) is 0 Å². The molecule has 1 aliphatic rings. The number of nitrogens with one attached hydrogen (secondary N) is 1. The third-order valence-electron chi connectivity index (χ3n) is 1.66. The van der Waals surface area contributed by atoms with E-state index < -0.39 is 31.1 Å². The van der Waals surface area contributed by atoms with E-state index in [1.54, 1.807) is 0 Å². The zero-order valence-electron chi connectivity index (χ0n) is 7.76. The summed E-state index contributed by atoms with van der Waals surface area (Å²) in [5.41, 5.74) is 0. The van der Waals surface area contributed by atoms with Gasteiger partial charge in [0.2, 0.25) is 0 Å². The quantitative estimate of drug-likeness (QED) is 0.617. The molecule has 0 spiro atoms. The van der Waals surface area contributed by atoms with Crippen molar-refractivity contribution in [2.75, 3.05) is 24.4 Å². The molecule has 84 valence electrons. The van der Waals surface area contributed by atoms with Gasteiger partial charge in [-0.1, -0.05) is 0 Å². The molecule has 0 aliphatic carbocycles. The molecule has 1 saturated heterocycles. The highest BCUT2D eigenvalue weighted by molar-refractivity contribution is 8.05. The van der Waals surface area contributed by atoms with Crippen LogP contribution < -0.4 is 5.32 Å². The van der Waals surface area contributed by atoms with E-state index in [0.717, 1.165) is 6.26 Å². The van der Waals surface area contributed by atoms with Crippen molar-refractivity contribution in [2.24, 2.45) is 0 Å². The first-order chi connectivity index (χ1) is 6.29. The lowest BCUT2D eigenvalue weighted by Crippen LogP contribution is -2.25. The zero-order valence-corrected chi connectivity index (χ0v) is 9.40. The summed E-state index contributed by atoms with van der Waals surface area (Å²) >= 11 is 0. The third kappa shape index (κ3) is 4.36. The van der Waals surface area contributed by atoms with Crippen molar-refractivity contribution in [1.82, 2.24) is 5.32 Å². The summed E-state index contributed by atoms with van der Waals surface area (Å²) in [4.78, 5) is 0. The van der Waals surface area contributed by atoms with Crippen LogP contribution in [0.3, 0.4) is 0 Å². The van der Waals surface area contributed by atoms with Gasteiger partial charge in [0.1, 0.15) is 0 Å². The Balaban J connectivity index is 2.58. The van der Waals surface area contributed by atoms with Crippen LogP contribution in [0, 0.1) is 0 Å². The molecule has 1 aliphatic heterocycles. The van der Waals surface area contributed by atoms with Crippen LogP contribution in [0.1, 0.15) is 6.42 Å². The van der Waals surface area contributed by atoms with E-state index in [2.05, 4.69) is 5.32 Å². The van der Waals surface area contributed by atoms with Gasteiger partial charge in [0.05, 0.1) is 6.10 Å². The Morgan fingerprint density at radius 1 is 1.36 bits per heavy atom. The minimum absolute atomic E-state index is 0.429. The van der Waals surface area contributed by atoms with Crippen molar-refractivity contribution in [2.45, 2.75) is 12.5 Å². The van der Waals surface area contributed by atoms with Crippen LogP contribution in [0.15, 0.2) is 0 Å². The van der Waals surface area contributed by atoms with Crippen molar-refractivity contribution in [3.05, 3.63) is 0 Å². The van der Waals surface area contributed by atoms with Gasteiger partial charge in [-0.2, -0.15) is 8.42 Å². The summed E-state index contributed by atoms with van der Waals surface area (Å²) in [6.45, 7) is 1.14. The fourth-order valence-electron chi connectivity index (χ4n) is 1.21. The Labute approximate surface area is 83.7 Å². The van der Waals surface area contributed by atoms with Crippen LogP contribution in [-0.4, -0.2) is 47.4 Å². The molecule has 6 nitrogen and oxygen atoms in total. The maximum absolute atomic E-state index is 11.2. The Morgan fingerprint density at radius 2 is 2.00 bits per heavy atom. The van der Waals surface area contributed by atoms with E-state index in [9.17, 15) is 16.8 Å². The molecule has 0 aromatic heterocycles. The van der Waals surface area contributed by atoms with Gasteiger partial charge >= 0.3 is 0 Å². The van der Waals surface area contributed by atoms with Gasteiger partial charge in [-0.3, -0.25) is 4.18 Å². The summed E-state index contributed by atoms with van der Waals surface area (Å²) < 4.78 is 48.5. The monoisotopic (exact) mass is 243 g/mol. The lowest BCUT2D eigenvalue weighted by atomic mass is 10.3. The minimum atomic E-state index is -3.95. The molecule has 1 rings (SSSR count). The first-order valence-electron chi connectivity index (χ1n) is 4.08. The smallest absolute Gasteiger partial charge is 0.282 e. The SMILES string of the molecule is CS(=O)(=O)CS(=O)(=O)OC1CCNC1. The molecule has 1 unspecified atom stereocenters. The Hall–Kier alpha value is -0.180.